The lowest BCUT2D eigenvalue weighted by atomic mass is 10.2. The SMILES string of the molecule is O=C(CSCc1ccc(Cl)cc1)N/N=C\c1ccc(Br)o1. The summed E-state index contributed by atoms with van der Waals surface area (Å²) < 4.78 is 5.83. The molecule has 0 saturated carbocycles. The van der Waals surface area contributed by atoms with E-state index in [1.807, 2.05) is 24.3 Å². The van der Waals surface area contributed by atoms with Gasteiger partial charge in [0, 0.05) is 10.8 Å². The Morgan fingerprint density at radius 1 is 1.33 bits per heavy atom. The number of hydrogen-bond acceptors (Lipinski definition) is 4. The number of nitrogens with one attached hydrogen (secondary N) is 1. The predicted molar refractivity (Wildman–Crippen MR) is 89.8 cm³/mol. The Bertz CT molecular complexity index is 628. The lowest BCUT2D eigenvalue weighted by Crippen LogP contribution is -2.19. The van der Waals surface area contributed by atoms with Gasteiger partial charge in [-0.15, -0.1) is 11.8 Å². The molecule has 0 unspecified atom stereocenters. The van der Waals surface area contributed by atoms with Gasteiger partial charge in [-0.25, -0.2) is 5.43 Å². The van der Waals surface area contributed by atoms with Crippen molar-refractivity contribution in [2.24, 2.45) is 5.10 Å². The molecular formula is C14H12BrClN2O2S. The van der Waals surface area contributed by atoms with E-state index < -0.39 is 0 Å². The Morgan fingerprint density at radius 3 is 2.76 bits per heavy atom. The number of benzene rings is 1. The number of halogens is 2. The Hall–Kier alpha value is -1.24. The maximum atomic E-state index is 11.6. The van der Waals surface area contributed by atoms with Crippen molar-refractivity contribution in [3.63, 3.8) is 0 Å². The summed E-state index contributed by atoms with van der Waals surface area (Å²) in [6.45, 7) is 0. The number of hydrogen-bond donors (Lipinski definition) is 1. The van der Waals surface area contributed by atoms with E-state index in [1.54, 1.807) is 12.1 Å². The summed E-state index contributed by atoms with van der Waals surface area (Å²) in [5, 5.41) is 4.53. The predicted octanol–water partition coefficient (Wildman–Crippen LogP) is 4.08. The summed E-state index contributed by atoms with van der Waals surface area (Å²) in [7, 11) is 0. The lowest BCUT2D eigenvalue weighted by Gasteiger charge is -2.01. The van der Waals surface area contributed by atoms with Gasteiger partial charge in [-0.3, -0.25) is 4.79 Å². The minimum Gasteiger partial charge on any atom is -0.448 e. The van der Waals surface area contributed by atoms with Crippen LogP contribution in [0.5, 0.6) is 0 Å². The largest absolute Gasteiger partial charge is 0.448 e. The van der Waals surface area contributed by atoms with Crippen LogP contribution in [0.2, 0.25) is 5.02 Å². The second-order valence-corrected chi connectivity index (χ2v) is 6.26. The fourth-order valence-electron chi connectivity index (χ4n) is 1.44. The standard InChI is InChI=1S/C14H12BrClN2O2S/c15-13-6-5-12(20-13)7-17-18-14(19)9-21-8-10-1-3-11(16)4-2-10/h1-7H,8-9H2,(H,18,19)/b17-7-. The molecular weight excluding hydrogens is 376 g/mol. The molecule has 0 atom stereocenters. The van der Waals surface area contributed by atoms with Gasteiger partial charge in [-0.1, -0.05) is 23.7 Å². The number of amides is 1. The maximum absolute atomic E-state index is 11.6. The molecule has 1 heterocycles. The topological polar surface area (TPSA) is 54.6 Å². The van der Waals surface area contributed by atoms with E-state index in [0.717, 1.165) is 11.3 Å². The highest BCUT2D eigenvalue weighted by atomic mass is 79.9. The van der Waals surface area contributed by atoms with E-state index >= 15 is 0 Å². The fourth-order valence-corrected chi connectivity index (χ4v) is 2.67. The van der Waals surface area contributed by atoms with Crippen LogP contribution in [0, 0.1) is 0 Å². The number of furan rings is 1. The normalized spacial score (nSPS) is 11.0. The smallest absolute Gasteiger partial charge is 0.250 e. The summed E-state index contributed by atoms with van der Waals surface area (Å²) >= 11 is 10.5. The van der Waals surface area contributed by atoms with Crippen LogP contribution >= 0.6 is 39.3 Å². The molecule has 1 aromatic heterocycles. The molecule has 0 fully saturated rings. The summed E-state index contributed by atoms with van der Waals surface area (Å²) in [6, 6.07) is 11.1. The van der Waals surface area contributed by atoms with Crippen molar-refractivity contribution in [2.45, 2.75) is 5.75 Å². The molecule has 1 amide bonds. The van der Waals surface area contributed by atoms with Crippen LogP contribution in [0.4, 0.5) is 0 Å². The van der Waals surface area contributed by atoms with Crippen LogP contribution in [0.25, 0.3) is 0 Å². The first-order valence-corrected chi connectivity index (χ1v) is 8.35. The van der Waals surface area contributed by atoms with Gasteiger partial charge in [-0.2, -0.15) is 5.10 Å². The van der Waals surface area contributed by atoms with Gasteiger partial charge in [0.2, 0.25) is 5.91 Å². The molecule has 0 aliphatic heterocycles. The molecule has 0 radical (unpaired) electrons. The molecule has 21 heavy (non-hydrogen) atoms. The van der Waals surface area contributed by atoms with Crippen molar-refractivity contribution < 1.29 is 9.21 Å². The Morgan fingerprint density at radius 2 is 2.10 bits per heavy atom. The average Bonchev–Trinajstić information content (AvgIpc) is 2.87. The molecule has 2 aromatic rings. The molecule has 1 aromatic carbocycles. The third kappa shape index (κ3) is 5.95. The molecule has 1 N–H and O–H groups in total. The van der Waals surface area contributed by atoms with Gasteiger partial charge in [-0.05, 0) is 45.8 Å². The summed E-state index contributed by atoms with van der Waals surface area (Å²) in [4.78, 5) is 11.6. The van der Waals surface area contributed by atoms with E-state index in [0.29, 0.717) is 21.2 Å². The minimum absolute atomic E-state index is 0.157. The number of nitrogens with zero attached hydrogens (tertiary/aromatic N) is 1. The highest BCUT2D eigenvalue weighted by Gasteiger charge is 2.01. The maximum Gasteiger partial charge on any atom is 0.250 e. The summed E-state index contributed by atoms with van der Waals surface area (Å²) in [5.74, 6) is 1.49. The van der Waals surface area contributed by atoms with E-state index in [4.69, 9.17) is 16.0 Å². The van der Waals surface area contributed by atoms with Gasteiger partial charge in [0.15, 0.2) is 4.67 Å². The van der Waals surface area contributed by atoms with Crippen LogP contribution in [-0.4, -0.2) is 17.9 Å². The molecule has 7 heteroatoms. The van der Waals surface area contributed by atoms with E-state index in [1.165, 1.54) is 18.0 Å². The highest BCUT2D eigenvalue weighted by molar-refractivity contribution is 9.10. The first-order chi connectivity index (χ1) is 10.1. The molecule has 4 nitrogen and oxygen atoms in total. The Labute approximate surface area is 140 Å². The Balaban J connectivity index is 1.68. The summed E-state index contributed by atoms with van der Waals surface area (Å²) in [6.07, 6.45) is 1.45. The van der Waals surface area contributed by atoms with Crippen LogP contribution in [-0.2, 0) is 10.5 Å². The highest BCUT2D eigenvalue weighted by Crippen LogP contribution is 2.15. The van der Waals surface area contributed by atoms with Crippen LogP contribution in [0.15, 0.2) is 50.6 Å². The molecule has 0 spiro atoms. The van der Waals surface area contributed by atoms with Gasteiger partial charge in [0.05, 0.1) is 12.0 Å². The van der Waals surface area contributed by atoms with Crippen LogP contribution in [0.3, 0.4) is 0 Å². The Kier molecular flexibility index (Phi) is 6.35. The van der Waals surface area contributed by atoms with Gasteiger partial charge >= 0.3 is 0 Å². The first kappa shape index (κ1) is 16.1. The zero-order valence-electron chi connectivity index (χ0n) is 10.9. The van der Waals surface area contributed by atoms with Crippen molar-refractivity contribution in [1.29, 1.82) is 0 Å². The molecule has 2 rings (SSSR count). The van der Waals surface area contributed by atoms with Crippen LogP contribution in [0.1, 0.15) is 11.3 Å². The first-order valence-electron chi connectivity index (χ1n) is 6.03. The lowest BCUT2D eigenvalue weighted by molar-refractivity contribution is -0.118. The van der Waals surface area contributed by atoms with E-state index in [9.17, 15) is 4.79 Å². The number of hydrazone groups is 1. The number of carbonyl (C=O) groups is 1. The molecule has 0 bridgehead atoms. The van der Waals surface area contributed by atoms with E-state index in [2.05, 4.69) is 26.5 Å². The van der Waals surface area contributed by atoms with Crippen LogP contribution < -0.4 is 5.43 Å². The van der Waals surface area contributed by atoms with Crippen molar-refractivity contribution in [1.82, 2.24) is 5.43 Å². The quantitative estimate of drug-likeness (QED) is 0.600. The number of rotatable bonds is 6. The third-order valence-electron chi connectivity index (χ3n) is 2.39. The molecule has 0 aliphatic carbocycles. The molecule has 0 saturated heterocycles. The van der Waals surface area contributed by atoms with Gasteiger partial charge < -0.3 is 4.42 Å². The monoisotopic (exact) mass is 386 g/mol. The fraction of sp³-hybridized carbons (Fsp3) is 0.143. The second kappa shape index (κ2) is 8.26. The minimum atomic E-state index is -0.157. The van der Waals surface area contributed by atoms with Crippen molar-refractivity contribution >= 4 is 51.4 Å². The zero-order chi connectivity index (χ0) is 15.1. The second-order valence-electron chi connectivity index (χ2n) is 4.05. The number of carbonyl (C=O) groups excluding carboxylic acids is 1. The van der Waals surface area contributed by atoms with Gasteiger partial charge in [0.25, 0.3) is 0 Å². The van der Waals surface area contributed by atoms with E-state index in [-0.39, 0.29) is 5.91 Å². The van der Waals surface area contributed by atoms with Crippen molar-refractivity contribution in [3.8, 4) is 0 Å². The van der Waals surface area contributed by atoms with Crippen molar-refractivity contribution in [3.05, 3.63) is 57.4 Å². The van der Waals surface area contributed by atoms with Crippen molar-refractivity contribution in [2.75, 3.05) is 5.75 Å². The number of thioether (sulfide) groups is 1. The zero-order valence-corrected chi connectivity index (χ0v) is 14.0. The summed E-state index contributed by atoms with van der Waals surface area (Å²) in [5.41, 5.74) is 3.58. The third-order valence-corrected chi connectivity index (χ3v) is 4.07. The molecule has 110 valence electrons. The average molecular weight is 388 g/mol. The molecule has 0 aliphatic rings. The van der Waals surface area contributed by atoms with Gasteiger partial charge in [0.1, 0.15) is 5.76 Å².